The zero-order valence-corrected chi connectivity index (χ0v) is 15.4. The van der Waals surface area contributed by atoms with Gasteiger partial charge in [0.1, 0.15) is 5.75 Å². The predicted octanol–water partition coefficient (Wildman–Crippen LogP) is 4.17. The van der Waals surface area contributed by atoms with E-state index in [-0.39, 0.29) is 6.23 Å². The zero-order valence-electron chi connectivity index (χ0n) is 15.4. The van der Waals surface area contributed by atoms with Gasteiger partial charge >= 0.3 is 0 Å². The SMILES string of the molecule is CN(C)Cc1nn(C2CCCCO2)c2ccc(-c3ccccc3O)cc12. The number of phenols is 1. The molecule has 0 radical (unpaired) electrons. The molecule has 2 aromatic carbocycles. The van der Waals surface area contributed by atoms with Crippen LogP contribution < -0.4 is 0 Å². The predicted molar refractivity (Wildman–Crippen MR) is 103 cm³/mol. The number of hydrogen-bond donors (Lipinski definition) is 1. The summed E-state index contributed by atoms with van der Waals surface area (Å²) >= 11 is 0. The third-order valence-corrected chi connectivity index (χ3v) is 4.89. The second-order valence-corrected chi connectivity index (χ2v) is 7.20. The van der Waals surface area contributed by atoms with Gasteiger partial charge in [0.15, 0.2) is 6.23 Å². The monoisotopic (exact) mass is 351 g/mol. The van der Waals surface area contributed by atoms with Gasteiger partial charge in [-0.2, -0.15) is 5.10 Å². The van der Waals surface area contributed by atoms with Gasteiger partial charge in [-0.3, -0.25) is 0 Å². The summed E-state index contributed by atoms with van der Waals surface area (Å²) in [4.78, 5) is 2.13. The lowest BCUT2D eigenvalue weighted by Gasteiger charge is -2.23. The highest BCUT2D eigenvalue weighted by atomic mass is 16.5. The second-order valence-electron chi connectivity index (χ2n) is 7.20. The Balaban J connectivity index is 1.84. The van der Waals surface area contributed by atoms with Gasteiger partial charge in [-0.1, -0.05) is 24.3 Å². The smallest absolute Gasteiger partial charge is 0.150 e. The number of para-hydroxylation sites is 1. The van der Waals surface area contributed by atoms with E-state index >= 15 is 0 Å². The van der Waals surface area contributed by atoms with Gasteiger partial charge in [-0.25, -0.2) is 4.68 Å². The van der Waals surface area contributed by atoms with Crippen LogP contribution in [0.3, 0.4) is 0 Å². The van der Waals surface area contributed by atoms with Crippen molar-refractivity contribution in [2.75, 3.05) is 20.7 Å². The molecule has 1 atom stereocenters. The summed E-state index contributed by atoms with van der Waals surface area (Å²) in [6.45, 7) is 1.56. The molecule has 1 aliphatic heterocycles. The van der Waals surface area contributed by atoms with E-state index in [0.717, 1.165) is 53.7 Å². The summed E-state index contributed by atoms with van der Waals surface area (Å²) in [7, 11) is 4.10. The summed E-state index contributed by atoms with van der Waals surface area (Å²) in [5.74, 6) is 0.295. The highest BCUT2D eigenvalue weighted by Crippen LogP contribution is 2.34. The Bertz CT molecular complexity index is 911. The Morgan fingerprint density at radius 1 is 1.19 bits per heavy atom. The minimum atomic E-state index is 0.0122. The Morgan fingerprint density at radius 2 is 2.04 bits per heavy atom. The maximum Gasteiger partial charge on any atom is 0.150 e. The quantitative estimate of drug-likeness (QED) is 0.766. The molecule has 26 heavy (non-hydrogen) atoms. The van der Waals surface area contributed by atoms with E-state index in [1.165, 1.54) is 6.42 Å². The molecule has 0 saturated carbocycles. The van der Waals surface area contributed by atoms with Gasteiger partial charge in [0.2, 0.25) is 0 Å². The van der Waals surface area contributed by atoms with Crippen LogP contribution in [0.5, 0.6) is 5.75 Å². The first-order chi connectivity index (χ1) is 12.6. The maximum absolute atomic E-state index is 10.2. The molecule has 0 amide bonds. The van der Waals surface area contributed by atoms with Crippen LogP contribution >= 0.6 is 0 Å². The number of aromatic hydroxyl groups is 1. The molecule has 3 aromatic rings. The Morgan fingerprint density at radius 3 is 2.77 bits per heavy atom. The van der Waals surface area contributed by atoms with E-state index in [0.29, 0.717) is 5.75 Å². The molecule has 5 nitrogen and oxygen atoms in total. The Kier molecular flexibility index (Phi) is 4.66. The number of phenolic OH excluding ortho intramolecular Hbond substituents is 1. The molecule has 5 heteroatoms. The normalized spacial score (nSPS) is 17.9. The van der Waals surface area contributed by atoms with E-state index < -0.39 is 0 Å². The Labute approximate surface area is 153 Å². The first-order valence-corrected chi connectivity index (χ1v) is 9.19. The number of benzene rings is 2. The highest BCUT2D eigenvalue weighted by molar-refractivity contribution is 5.88. The number of hydrogen-bond acceptors (Lipinski definition) is 4. The molecular weight excluding hydrogens is 326 g/mol. The van der Waals surface area contributed by atoms with Crippen LogP contribution in [0.15, 0.2) is 42.5 Å². The van der Waals surface area contributed by atoms with E-state index in [1.807, 2.05) is 22.9 Å². The highest BCUT2D eigenvalue weighted by Gasteiger charge is 2.21. The van der Waals surface area contributed by atoms with Crippen molar-refractivity contribution >= 4 is 10.9 Å². The molecule has 1 N–H and O–H groups in total. The number of nitrogens with zero attached hydrogens (tertiary/aromatic N) is 3. The van der Waals surface area contributed by atoms with Crippen molar-refractivity contribution in [3.8, 4) is 16.9 Å². The summed E-state index contributed by atoms with van der Waals surface area (Å²) in [5.41, 5.74) is 3.97. The van der Waals surface area contributed by atoms with Crippen molar-refractivity contribution in [3.63, 3.8) is 0 Å². The van der Waals surface area contributed by atoms with Gasteiger partial charge in [-0.15, -0.1) is 0 Å². The average Bonchev–Trinajstić information content (AvgIpc) is 3.00. The largest absolute Gasteiger partial charge is 0.507 e. The molecule has 0 bridgehead atoms. The van der Waals surface area contributed by atoms with Gasteiger partial charge in [0.05, 0.1) is 11.2 Å². The Hall–Kier alpha value is -2.37. The van der Waals surface area contributed by atoms with Crippen molar-refractivity contribution < 1.29 is 9.84 Å². The first-order valence-electron chi connectivity index (χ1n) is 9.19. The fourth-order valence-corrected chi connectivity index (χ4v) is 3.64. The molecule has 0 aliphatic carbocycles. The summed E-state index contributed by atoms with van der Waals surface area (Å²) in [5, 5.41) is 16.2. The van der Waals surface area contributed by atoms with E-state index in [4.69, 9.17) is 9.84 Å². The lowest BCUT2D eigenvalue weighted by atomic mass is 10.0. The molecule has 1 aromatic heterocycles. The van der Waals surface area contributed by atoms with Gasteiger partial charge in [-0.05, 0) is 57.1 Å². The number of ether oxygens (including phenoxy) is 1. The third kappa shape index (κ3) is 3.20. The van der Waals surface area contributed by atoms with Crippen LogP contribution in [-0.4, -0.2) is 40.5 Å². The lowest BCUT2D eigenvalue weighted by molar-refractivity contribution is -0.0369. The van der Waals surface area contributed by atoms with Crippen molar-refractivity contribution in [3.05, 3.63) is 48.2 Å². The molecule has 2 heterocycles. The molecule has 4 rings (SSSR count). The van der Waals surface area contributed by atoms with Crippen LogP contribution in [0.1, 0.15) is 31.2 Å². The van der Waals surface area contributed by atoms with Crippen molar-refractivity contribution in [2.24, 2.45) is 0 Å². The van der Waals surface area contributed by atoms with Crippen LogP contribution in [-0.2, 0) is 11.3 Å². The molecule has 1 saturated heterocycles. The van der Waals surface area contributed by atoms with Crippen molar-refractivity contribution in [2.45, 2.75) is 32.0 Å². The number of aromatic nitrogens is 2. The lowest BCUT2D eigenvalue weighted by Crippen LogP contribution is -2.19. The molecule has 136 valence electrons. The molecule has 0 spiro atoms. The van der Waals surface area contributed by atoms with Crippen LogP contribution in [0, 0.1) is 0 Å². The molecular formula is C21H25N3O2. The number of fused-ring (bicyclic) bond motifs is 1. The second kappa shape index (κ2) is 7.09. The van der Waals surface area contributed by atoms with E-state index in [2.05, 4.69) is 37.2 Å². The van der Waals surface area contributed by atoms with Crippen LogP contribution in [0.25, 0.3) is 22.0 Å². The van der Waals surface area contributed by atoms with Gasteiger partial charge in [0, 0.05) is 24.1 Å². The fourth-order valence-electron chi connectivity index (χ4n) is 3.64. The van der Waals surface area contributed by atoms with Gasteiger partial charge < -0.3 is 14.7 Å². The molecule has 1 aliphatic rings. The van der Waals surface area contributed by atoms with Crippen molar-refractivity contribution in [1.82, 2.24) is 14.7 Å². The minimum Gasteiger partial charge on any atom is -0.507 e. The summed E-state index contributed by atoms with van der Waals surface area (Å²) in [6, 6.07) is 13.7. The maximum atomic E-state index is 10.2. The van der Waals surface area contributed by atoms with Gasteiger partial charge in [0.25, 0.3) is 0 Å². The zero-order chi connectivity index (χ0) is 18.1. The number of rotatable bonds is 4. The van der Waals surface area contributed by atoms with Crippen LogP contribution in [0.4, 0.5) is 0 Å². The minimum absolute atomic E-state index is 0.0122. The first kappa shape index (κ1) is 17.1. The fraction of sp³-hybridized carbons (Fsp3) is 0.381. The summed E-state index contributed by atoms with van der Waals surface area (Å²) in [6.07, 6.45) is 3.31. The molecule has 1 unspecified atom stereocenters. The topological polar surface area (TPSA) is 50.5 Å². The third-order valence-electron chi connectivity index (χ3n) is 4.89. The van der Waals surface area contributed by atoms with E-state index in [9.17, 15) is 5.11 Å². The van der Waals surface area contributed by atoms with Crippen molar-refractivity contribution in [1.29, 1.82) is 0 Å². The standard InChI is InChI=1S/C21H25N3O2/c1-23(2)14-18-17-13-15(16-7-3-4-8-20(16)25)10-11-19(17)24(22-18)21-9-5-6-12-26-21/h3-4,7-8,10-11,13,21,25H,5-6,9,12,14H2,1-2H3. The average molecular weight is 351 g/mol. The van der Waals surface area contributed by atoms with Crippen LogP contribution in [0.2, 0.25) is 0 Å². The van der Waals surface area contributed by atoms with E-state index in [1.54, 1.807) is 6.07 Å². The summed E-state index contributed by atoms with van der Waals surface area (Å²) < 4.78 is 8.01. The molecule has 1 fully saturated rings.